The number of hydrogen-bond donors (Lipinski definition) is 0. The van der Waals surface area contributed by atoms with Gasteiger partial charge in [-0.25, -0.2) is 14.6 Å². The number of esters is 2. The van der Waals surface area contributed by atoms with Crippen molar-refractivity contribution < 1.29 is 23.8 Å². The first-order valence-corrected chi connectivity index (χ1v) is 11.2. The Bertz CT molecular complexity index is 1250. The van der Waals surface area contributed by atoms with Crippen LogP contribution in [-0.2, 0) is 9.53 Å². The Morgan fingerprint density at radius 1 is 1.09 bits per heavy atom. The highest BCUT2D eigenvalue weighted by Crippen LogP contribution is 2.35. The van der Waals surface area contributed by atoms with Crippen LogP contribution in [0.15, 0.2) is 81.9 Å². The lowest BCUT2D eigenvalue weighted by Gasteiger charge is -2.12. The Balaban J connectivity index is 1.62. The average molecular weight is 604 g/mol. The Morgan fingerprint density at radius 2 is 1.81 bits per heavy atom. The summed E-state index contributed by atoms with van der Waals surface area (Å²) in [5.74, 6) is -0.134. The van der Waals surface area contributed by atoms with Gasteiger partial charge in [-0.3, -0.25) is 0 Å². The third-order valence-electron chi connectivity index (χ3n) is 4.47. The summed E-state index contributed by atoms with van der Waals surface area (Å²) in [6.45, 7) is 0. The monoisotopic (exact) mass is 603 g/mol. The van der Waals surface area contributed by atoms with Gasteiger partial charge in [-0.2, -0.15) is 0 Å². The normalized spacial score (nSPS) is 14.2. The molecule has 3 aromatic carbocycles. The number of aliphatic imine (C=N–C) groups is 1. The zero-order valence-corrected chi connectivity index (χ0v) is 20.4. The van der Waals surface area contributed by atoms with Crippen LogP contribution in [0.5, 0.6) is 11.5 Å². The molecule has 0 saturated heterocycles. The largest absolute Gasteiger partial charge is 0.493 e. The van der Waals surface area contributed by atoms with Crippen LogP contribution in [0.2, 0.25) is 0 Å². The van der Waals surface area contributed by atoms with Crippen LogP contribution in [0.1, 0.15) is 21.5 Å². The third-order valence-corrected chi connectivity index (χ3v) is 5.80. The summed E-state index contributed by atoms with van der Waals surface area (Å²) < 4.78 is 17.9. The number of carbonyl (C=O) groups is 2. The van der Waals surface area contributed by atoms with Crippen molar-refractivity contribution in [3.8, 4) is 11.5 Å². The summed E-state index contributed by atoms with van der Waals surface area (Å²) >= 11 is 5.43. The maximum atomic E-state index is 12.5. The highest BCUT2D eigenvalue weighted by atomic mass is 127. The maximum absolute atomic E-state index is 12.5. The van der Waals surface area contributed by atoms with Crippen molar-refractivity contribution >= 4 is 62.4 Å². The minimum Gasteiger partial charge on any atom is -0.493 e. The summed E-state index contributed by atoms with van der Waals surface area (Å²) in [6.07, 6.45) is 1.60. The van der Waals surface area contributed by atoms with E-state index in [-0.39, 0.29) is 11.6 Å². The van der Waals surface area contributed by atoms with Gasteiger partial charge in [0.2, 0.25) is 5.90 Å². The summed E-state index contributed by atoms with van der Waals surface area (Å²) in [5.41, 5.74) is 1.94. The molecule has 0 aliphatic carbocycles. The Hall–Kier alpha value is -2.98. The first-order chi connectivity index (χ1) is 15.4. The number of hydrogen-bond acceptors (Lipinski definition) is 6. The molecule has 0 saturated carbocycles. The van der Waals surface area contributed by atoms with Gasteiger partial charge < -0.3 is 14.2 Å². The zero-order valence-electron chi connectivity index (χ0n) is 16.7. The number of methoxy groups -OCH3 is 1. The molecule has 1 heterocycles. The summed E-state index contributed by atoms with van der Waals surface area (Å²) in [6, 6.07) is 19.4. The molecule has 0 radical (unpaired) electrons. The molecule has 1 aliphatic rings. The van der Waals surface area contributed by atoms with Gasteiger partial charge in [0, 0.05) is 10.0 Å². The lowest BCUT2D eigenvalue weighted by molar-refractivity contribution is -0.129. The molecule has 0 amide bonds. The number of halogens is 2. The summed E-state index contributed by atoms with van der Waals surface area (Å²) in [7, 11) is 1.48. The molecule has 0 spiro atoms. The molecule has 0 atom stereocenters. The maximum Gasteiger partial charge on any atom is 0.363 e. The molecule has 0 aromatic heterocycles. The molecular formula is C24H15BrINO5. The van der Waals surface area contributed by atoms with E-state index in [2.05, 4.69) is 43.5 Å². The van der Waals surface area contributed by atoms with E-state index in [1.165, 1.54) is 7.11 Å². The zero-order chi connectivity index (χ0) is 22.7. The fraction of sp³-hybridized carbons (Fsp3) is 0.0417. The van der Waals surface area contributed by atoms with Crippen molar-refractivity contribution in [2.75, 3.05) is 7.11 Å². The van der Waals surface area contributed by atoms with Crippen LogP contribution in [-0.4, -0.2) is 24.9 Å². The SMILES string of the molecule is COc1cc(/C=C2\N=C(c3ccc(Br)cc3)OC2=O)cc(I)c1OC(=O)c1ccccc1. The second-order valence-corrected chi connectivity index (χ2v) is 8.71. The van der Waals surface area contributed by atoms with Crippen molar-refractivity contribution in [1.82, 2.24) is 0 Å². The van der Waals surface area contributed by atoms with Gasteiger partial charge in [0.05, 0.1) is 16.2 Å². The second kappa shape index (κ2) is 9.66. The van der Waals surface area contributed by atoms with Gasteiger partial charge >= 0.3 is 11.9 Å². The van der Waals surface area contributed by atoms with Gasteiger partial charge in [-0.05, 0) is 82.8 Å². The first kappa shape index (κ1) is 22.2. The van der Waals surface area contributed by atoms with Gasteiger partial charge in [-0.1, -0.05) is 34.1 Å². The molecule has 6 nitrogen and oxygen atoms in total. The van der Waals surface area contributed by atoms with Crippen LogP contribution >= 0.6 is 38.5 Å². The van der Waals surface area contributed by atoms with E-state index < -0.39 is 11.9 Å². The number of benzene rings is 3. The smallest absolute Gasteiger partial charge is 0.363 e. The summed E-state index contributed by atoms with van der Waals surface area (Å²) in [5, 5.41) is 0. The van der Waals surface area contributed by atoms with E-state index in [9.17, 15) is 9.59 Å². The average Bonchev–Trinajstić information content (AvgIpc) is 3.16. The number of rotatable bonds is 5. The molecular weight excluding hydrogens is 589 g/mol. The first-order valence-electron chi connectivity index (χ1n) is 9.38. The van der Waals surface area contributed by atoms with Gasteiger partial charge in [0.25, 0.3) is 0 Å². The number of carbonyl (C=O) groups excluding carboxylic acids is 2. The van der Waals surface area contributed by atoms with E-state index in [4.69, 9.17) is 14.2 Å². The Kier molecular flexibility index (Phi) is 6.71. The van der Waals surface area contributed by atoms with Crippen molar-refractivity contribution in [1.29, 1.82) is 0 Å². The van der Waals surface area contributed by atoms with Crippen LogP contribution < -0.4 is 9.47 Å². The molecule has 0 fully saturated rings. The highest BCUT2D eigenvalue weighted by Gasteiger charge is 2.25. The highest BCUT2D eigenvalue weighted by molar-refractivity contribution is 14.1. The molecule has 0 unspecified atom stereocenters. The number of cyclic esters (lactones) is 1. The van der Waals surface area contributed by atoms with Crippen LogP contribution in [0.25, 0.3) is 6.08 Å². The van der Waals surface area contributed by atoms with E-state index >= 15 is 0 Å². The van der Waals surface area contributed by atoms with Crippen molar-refractivity contribution in [2.24, 2.45) is 4.99 Å². The third kappa shape index (κ3) is 4.91. The van der Waals surface area contributed by atoms with Crippen molar-refractivity contribution in [3.05, 3.63) is 97.2 Å². The molecule has 32 heavy (non-hydrogen) atoms. The van der Waals surface area contributed by atoms with Crippen LogP contribution in [0, 0.1) is 3.57 Å². The number of ether oxygens (including phenoxy) is 3. The molecule has 1 aliphatic heterocycles. The quantitative estimate of drug-likeness (QED) is 0.164. The predicted molar refractivity (Wildman–Crippen MR) is 132 cm³/mol. The van der Waals surface area contributed by atoms with E-state index in [1.54, 1.807) is 54.6 Å². The standard InChI is InChI=1S/C24H15BrINO5/c1-30-20-13-14(11-18(26)21(20)31-23(28)16-5-3-2-4-6-16)12-19-24(29)32-22(27-19)15-7-9-17(25)10-8-15/h2-13H,1H3/b19-12-. The lowest BCUT2D eigenvalue weighted by Crippen LogP contribution is -2.10. The fourth-order valence-electron chi connectivity index (χ4n) is 2.93. The minimum absolute atomic E-state index is 0.162. The van der Waals surface area contributed by atoms with Gasteiger partial charge in [0.15, 0.2) is 17.2 Å². The van der Waals surface area contributed by atoms with Gasteiger partial charge in [0.1, 0.15) is 0 Å². The molecule has 160 valence electrons. The molecule has 0 N–H and O–H groups in total. The van der Waals surface area contributed by atoms with E-state index in [0.29, 0.717) is 31.8 Å². The lowest BCUT2D eigenvalue weighted by atomic mass is 10.1. The second-order valence-electron chi connectivity index (χ2n) is 6.63. The fourth-order valence-corrected chi connectivity index (χ4v) is 3.93. The van der Waals surface area contributed by atoms with Crippen molar-refractivity contribution in [3.63, 3.8) is 0 Å². The predicted octanol–water partition coefficient (Wildman–Crippen LogP) is 5.63. The van der Waals surface area contributed by atoms with Crippen molar-refractivity contribution in [2.45, 2.75) is 0 Å². The summed E-state index contributed by atoms with van der Waals surface area (Å²) in [4.78, 5) is 29.1. The van der Waals surface area contributed by atoms with E-state index in [1.807, 2.05) is 18.2 Å². The molecule has 8 heteroatoms. The molecule has 3 aromatic rings. The topological polar surface area (TPSA) is 74.2 Å². The molecule has 0 bridgehead atoms. The van der Waals surface area contributed by atoms with E-state index in [0.717, 1.165) is 4.47 Å². The Labute approximate surface area is 206 Å². The Morgan fingerprint density at radius 3 is 2.50 bits per heavy atom. The van der Waals surface area contributed by atoms with Crippen LogP contribution in [0.4, 0.5) is 0 Å². The number of nitrogens with zero attached hydrogens (tertiary/aromatic N) is 1. The molecule has 4 rings (SSSR count). The van der Waals surface area contributed by atoms with Gasteiger partial charge in [-0.15, -0.1) is 0 Å². The minimum atomic E-state index is -0.545. The van der Waals surface area contributed by atoms with Crippen LogP contribution in [0.3, 0.4) is 0 Å².